The first-order valence-electron chi connectivity index (χ1n) is 10.2. The summed E-state index contributed by atoms with van der Waals surface area (Å²) in [6, 6.07) is 21.1. The molecule has 3 rings (SSSR count). The largest absolute Gasteiger partial charge is 0.463 e. The first kappa shape index (κ1) is 22.5. The lowest BCUT2D eigenvalue weighted by Crippen LogP contribution is -2.15. The molecule has 162 valence electrons. The Morgan fingerprint density at radius 1 is 0.844 bits per heavy atom. The minimum absolute atomic E-state index is 0.238. The molecule has 0 unspecified atom stereocenters. The van der Waals surface area contributed by atoms with Crippen LogP contribution in [0.2, 0.25) is 0 Å². The molecule has 0 aromatic heterocycles. The van der Waals surface area contributed by atoms with Gasteiger partial charge in [-0.25, -0.2) is 4.79 Å². The summed E-state index contributed by atoms with van der Waals surface area (Å²) < 4.78 is 4.85. The van der Waals surface area contributed by atoms with E-state index in [1.807, 2.05) is 13.0 Å². The van der Waals surface area contributed by atoms with Gasteiger partial charge in [0.05, 0.1) is 6.61 Å². The number of amides is 2. The average molecular weight is 428 g/mol. The van der Waals surface area contributed by atoms with Crippen molar-refractivity contribution in [3.8, 4) is 0 Å². The van der Waals surface area contributed by atoms with Crippen molar-refractivity contribution in [1.29, 1.82) is 0 Å². The summed E-state index contributed by atoms with van der Waals surface area (Å²) >= 11 is 0. The molecule has 0 aliphatic heterocycles. The molecular weight excluding hydrogens is 404 g/mol. The first-order valence-corrected chi connectivity index (χ1v) is 10.2. The van der Waals surface area contributed by atoms with Crippen molar-refractivity contribution in [3.63, 3.8) is 0 Å². The minimum Gasteiger partial charge on any atom is -0.463 e. The van der Waals surface area contributed by atoms with Gasteiger partial charge in [-0.3, -0.25) is 9.59 Å². The Kier molecular flexibility index (Phi) is 7.54. The molecule has 0 fully saturated rings. The van der Waals surface area contributed by atoms with Gasteiger partial charge in [-0.05, 0) is 67.4 Å². The molecule has 3 aromatic carbocycles. The van der Waals surface area contributed by atoms with Crippen molar-refractivity contribution in [2.24, 2.45) is 0 Å². The zero-order chi connectivity index (χ0) is 22.9. The van der Waals surface area contributed by atoms with Gasteiger partial charge in [-0.2, -0.15) is 0 Å². The topological polar surface area (TPSA) is 84.5 Å². The van der Waals surface area contributed by atoms with E-state index < -0.39 is 5.97 Å². The van der Waals surface area contributed by atoms with E-state index in [4.69, 9.17) is 4.74 Å². The zero-order valence-corrected chi connectivity index (χ0v) is 17.9. The molecular formula is C26H24N2O4. The third-order valence-electron chi connectivity index (χ3n) is 4.65. The fraction of sp³-hybridized carbons (Fsp3) is 0.115. The van der Waals surface area contributed by atoms with Crippen LogP contribution in [-0.4, -0.2) is 24.4 Å². The number of esters is 1. The summed E-state index contributed by atoms with van der Waals surface area (Å²) in [7, 11) is 0. The Morgan fingerprint density at radius 2 is 1.53 bits per heavy atom. The molecule has 0 saturated heterocycles. The van der Waals surface area contributed by atoms with E-state index in [1.54, 1.807) is 79.7 Å². The van der Waals surface area contributed by atoms with Crippen LogP contribution in [-0.2, 0) is 9.53 Å². The van der Waals surface area contributed by atoms with Gasteiger partial charge in [0, 0.05) is 28.6 Å². The lowest BCUT2D eigenvalue weighted by Gasteiger charge is -2.11. The lowest BCUT2D eigenvalue weighted by atomic mass is 10.1. The number of carbonyl (C=O) groups is 3. The second-order valence-electron chi connectivity index (χ2n) is 7.01. The standard InChI is InChI=1S/C26H24N2O4/c1-3-32-24(29)16-12-19-10-14-22(15-11-19)27-26(31)21-13-9-18(2)23(17-21)28-25(30)20-7-5-4-6-8-20/h4-17H,3H2,1-2H3,(H,27,31)(H,28,30). The fourth-order valence-electron chi connectivity index (χ4n) is 2.92. The van der Waals surface area contributed by atoms with E-state index in [-0.39, 0.29) is 11.8 Å². The summed E-state index contributed by atoms with van der Waals surface area (Å²) in [4.78, 5) is 36.6. The van der Waals surface area contributed by atoms with Crippen molar-refractivity contribution in [3.05, 3.63) is 101 Å². The Bertz CT molecular complexity index is 1140. The Balaban J connectivity index is 1.67. The van der Waals surface area contributed by atoms with Gasteiger partial charge < -0.3 is 15.4 Å². The van der Waals surface area contributed by atoms with Gasteiger partial charge in [0.15, 0.2) is 0 Å². The number of carbonyl (C=O) groups excluding carboxylic acids is 3. The van der Waals surface area contributed by atoms with Crippen LogP contribution < -0.4 is 10.6 Å². The molecule has 0 aliphatic rings. The molecule has 6 nitrogen and oxygen atoms in total. The number of hydrogen-bond acceptors (Lipinski definition) is 4. The second-order valence-corrected chi connectivity index (χ2v) is 7.01. The van der Waals surface area contributed by atoms with Crippen molar-refractivity contribution in [2.45, 2.75) is 13.8 Å². The van der Waals surface area contributed by atoms with E-state index in [2.05, 4.69) is 10.6 Å². The molecule has 0 spiro atoms. The van der Waals surface area contributed by atoms with Gasteiger partial charge in [-0.1, -0.05) is 36.4 Å². The highest BCUT2D eigenvalue weighted by atomic mass is 16.5. The average Bonchev–Trinajstić information content (AvgIpc) is 2.80. The lowest BCUT2D eigenvalue weighted by molar-refractivity contribution is -0.137. The molecule has 2 amide bonds. The van der Waals surface area contributed by atoms with E-state index in [0.717, 1.165) is 11.1 Å². The number of ether oxygens (including phenoxy) is 1. The van der Waals surface area contributed by atoms with Crippen molar-refractivity contribution in [1.82, 2.24) is 0 Å². The van der Waals surface area contributed by atoms with Gasteiger partial charge >= 0.3 is 5.97 Å². The fourth-order valence-corrected chi connectivity index (χ4v) is 2.92. The first-order chi connectivity index (χ1) is 15.5. The highest BCUT2D eigenvalue weighted by Gasteiger charge is 2.12. The highest BCUT2D eigenvalue weighted by Crippen LogP contribution is 2.20. The predicted octanol–water partition coefficient (Wildman–Crippen LogP) is 5.08. The van der Waals surface area contributed by atoms with Crippen LogP contribution in [0.15, 0.2) is 78.9 Å². The van der Waals surface area contributed by atoms with Gasteiger partial charge in [0.25, 0.3) is 11.8 Å². The van der Waals surface area contributed by atoms with Crippen molar-refractivity contribution < 1.29 is 19.1 Å². The van der Waals surface area contributed by atoms with Crippen LogP contribution in [0.1, 0.15) is 38.8 Å². The van der Waals surface area contributed by atoms with Crippen LogP contribution in [0.4, 0.5) is 11.4 Å². The number of anilines is 2. The Morgan fingerprint density at radius 3 is 2.22 bits per heavy atom. The molecule has 0 bridgehead atoms. The summed E-state index contributed by atoms with van der Waals surface area (Å²) in [5.74, 6) is -0.938. The number of nitrogens with one attached hydrogen (secondary N) is 2. The van der Waals surface area contributed by atoms with Crippen LogP contribution in [0.25, 0.3) is 6.08 Å². The van der Waals surface area contributed by atoms with Crippen molar-refractivity contribution in [2.75, 3.05) is 17.2 Å². The van der Waals surface area contributed by atoms with E-state index >= 15 is 0 Å². The number of hydrogen-bond donors (Lipinski definition) is 2. The Hall–Kier alpha value is -4.19. The predicted molar refractivity (Wildman–Crippen MR) is 126 cm³/mol. The van der Waals surface area contributed by atoms with Crippen LogP contribution in [0.3, 0.4) is 0 Å². The molecule has 6 heteroatoms. The number of rotatable bonds is 7. The minimum atomic E-state index is -0.403. The van der Waals surface area contributed by atoms with Gasteiger partial charge in [0.2, 0.25) is 0 Å². The third kappa shape index (κ3) is 6.15. The van der Waals surface area contributed by atoms with Crippen LogP contribution in [0.5, 0.6) is 0 Å². The quantitative estimate of drug-likeness (QED) is 0.406. The number of benzene rings is 3. The zero-order valence-electron chi connectivity index (χ0n) is 17.9. The third-order valence-corrected chi connectivity index (χ3v) is 4.65. The molecule has 0 radical (unpaired) electrons. The monoisotopic (exact) mass is 428 g/mol. The molecule has 0 atom stereocenters. The number of aryl methyl sites for hydroxylation is 1. The molecule has 0 aliphatic carbocycles. The van der Waals surface area contributed by atoms with Crippen LogP contribution >= 0.6 is 0 Å². The maximum atomic E-state index is 12.7. The summed E-state index contributed by atoms with van der Waals surface area (Å²) in [6.45, 7) is 3.94. The van der Waals surface area contributed by atoms with E-state index in [1.165, 1.54) is 6.08 Å². The molecule has 32 heavy (non-hydrogen) atoms. The summed E-state index contributed by atoms with van der Waals surface area (Å²) in [5.41, 5.74) is 3.80. The van der Waals surface area contributed by atoms with Gasteiger partial charge in [-0.15, -0.1) is 0 Å². The maximum absolute atomic E-state index is 12.7. The normalized spacial score (nSPS) is 10.6. The second kappa shape index (κ2) is 10.7. The Labute approximate surface area is 186 Å². The SMILES string of the molecule is CCOC(=O)C=Cc1ccc(NC(=O)c2ccc(C)c(NC(=O)c3ccccc3)c2)cc1. The smallest absolute Gasteiger partial charge is 0.330 e. The molecule has 3 aromatic rings. The highest BCUT2D eigenvalue weighted by molar-refractivity contribution is 6.07. The van der Waals surface area contributed by atoms with Gasteiger partial charge in [0.1, 0.15) is 0 Å². The summed E-state index contributed by atoms with van der Waals surface area (Å²) in [5, 5.41) is 5.70. The summed E-state index contributed by atoms with van der Waals surface area (Å²) in [6.07, 6.45) is 3.00. The van der Waals surface area contributed by atoms with Crippen LogP contribution in [0, 0.1) is 6.92 Å². The molecule has 2 N–H and O–H groups in total. The molecule has 0 saturated carbocycles. The van der Waals surface area contributed by atoms with E-state index in [9.17, 15) is 14.4 Å². The van der Waals surface area contributed by atoms with E-state index in [0.29, 0.717) is 29.1 Å². The van der Waals surface area contributed by atoms with Crippen molar-refractivity contribution >= 4 is 35.2 Å². The maximum Gasteiger partial charge on any atom is 0.330 e. The molecule has 0 heterocycles.